The zero-order valence-electron chi connectivity index (χ0n) is 7.58. The minimum atomic E-state index is -0.0907. The Hall–Kier alpha value is -0.680. The Kier molecular flexibility index (Phi) is 3.62. The monoisotopic (exact) mass is 202 g/mol. The van der Waals surface area contributed by atoms with E-state index in [0.29, 0.717) is 6.10 Å². The molecule has 1 aliphatic carbocycles. The number of amides is 1. The van der Waals surface area contributed by atoms with Gasteiger partial charge in [-0.2, -0.15) is 0 Å². The van der Waals surface area contributed by atoms with Crippen LogP contribution in [-0.2, 0) is 9.53 Å². The molecule has 0 atom stereocenters. The molecule has 0 unspecified atom stereocenters. The normalized spacial score (nSPS) is 26.2. The van der Waals surface area contributed by atoms with Gasteiger partial charge in [0.15, 0.2) is 0 Å². The maximum atomic E-state index is 11.1. The summed E-state index contributed by atoms with van der Waals surface area (Å²) in [6.07, 6.45) is 2.22. The Morgan fingerprint density at radius 3 is 2.77 bits per heavy atom. The highest BCUT2D eigenvalue weighted by Gasteiger charge is 2.29. The van der Waals surface area contributed by atoms with E-state index >= 15 is 0 Å². The van der Waals surface area contributed by atoms with Gasteiger partial charge in [0, 0.05) is 13.2 Å². The SMILES string of the molecule is COC1CC(NC(=O)CC(N)=S)C1. The Morgan fingerprint density at radius 1 is 1.69 bits per heavy atom. The van der Waals surface area contributed by atoms with Gasteiger partial charge < -0.3 is 15.8 Å². The van der Waals surface area contributed by atoms with E-state index in [9.17, 15) is 4.79 Å². The van der Waals surface area contributed by atoms with Gasteiger partial charge >= 0.3 is 0 Å². The number of nitrogens with one attached hydrogen (secondary N) is 1. The van der Waals surface area contributed by atoms with Crippen LogP contribution in [0.15, 0.2) is 0 Å². The Labute approximate surface area is 82.8 Å². The molecule has 0 bridgehead atoms. The first-order chi connectivity index (χ1) is 6.11. The number of hydrogen-bond acceptors (Lipinski definition) is 3. The highest BCUT2D eigenvalue weighted by Crippen LogP contribution is 2.22. The van der Waals surface area contributed by atoms with Crippen molar-refractivity contribution in [2.45, 2.75) is 31.4 Å². The predicted molar refractivity (Wildman–Crippen MR) is 53.4 cm³/mol. The predicted octanol–water partition coefficient (Wildman–Crippen LogP) is -0.0438. The van der Waals surface area contributed by atoms with Crippen LogP contribution in [0.3, 0.4) is 0 Å². The number of methoxy groups -OCH3 is 1. The van der Waals surface area contributed by atoms with Gasteiger partial charge in [0.2, 0.25) is 5.91 Å². The van der Waals surface area contributed by atoms with E-state index in [2.05, 4.69) is 17.5 Å². The summed E-state index contributed by atoms with van der Waals surface area (Å²) in [6.45, 7) is 0. The van der Waals surface area contributed by atoms with Crippen molar-refractivity contribution in [3.8, 4) is 0 Å². The molecule has 0 spiro atoms. The molecular weight excluding hydrogens is 188 g/mol. The molecule has 0 aromatic heterocycles. The Balaban J connectivity index is 2.13. The van der Waals surface area contributed by atoms with Gasteiger partial charge in [-0.3, -0.25) is 4.79 Å². The molecule has 1 amide bonds. The first-order valence-electron chi connectivity index (χ1n) is 4.22. The third-order valence-electron chi connectivity index (χ3n) is 2.13. The van der Waals surface area contributed by atoms with E-state index < -0.39 is 0 Å². The van der Waals surface area contributed by atoms with Crippen LogP contribution in [0.2, 0.25) is 0 Å². The molecule has 0 heterocycles. The molecule has 0 saturated heterocycles. The molecule has 1 saturated carbocycles. The fourth-order valence-electron chi connectivity index (χ4n) is 1.31. The summed E-state index contributed by atoms with van der Waals surface area (Å²) in [7, 11) is 1.68. The summed E-state index contributed by atoms with van der Waals surface area (Å²) in [4.78, 5) is 11.4. The number of thiocarbonyl (C=S) groups is 1. The van der Waals surface area contributed by atoms with Crippen LogP contribution in [-0.4, -0.2) is 30.2 Å². The van der Waals surface area contributed by atoms with E-state index in [1.54, 1.807) is 7.11 Å². The Morgan fingerprint density at radius 2 is 2.31 bits per heavy atom. The summed E-state index contributed by atoms with van der Waals surface area (Å²) in [5.74, 6) is -0.0907. The third-order valence-corrected chi connectivity index (χ3v) is 2.27. The molecule has 0 radical (unpaired) electrons. The fraction of sp³-hybridized carbons (Fsp3) is 0.750. The van der Waals surface area contributed by atoms with Gasteiger partial charge in [-0.1, -0.05) is 12.2 Å². The molecule has 0 aromatic carbocycles. The molecule has 74 valence electrons. The van der Waals surface area contributed by atoms with E-state index in [1.807, 2.05) is 0 Å². The molecular formula is C8H14N2O2S. The maximum Gasteiger partial charge on any atom is 0.227 e. The van der Waals surface area contributed by atoms with Crippen molar-refractivity contribution < 1.29 is 9.53 Å². The van der Waals surface area contributed by atoms with Crippen LogP contribution in [0.4, 0.5) is 0 Å². The molecule has 3 N–H and O–H groups in total. The molecule has 4 nitrogen and oxygen atoms in total. The van der Waals surface area contributed by atoms with Gasteiger partial charge in [0.25, 0.3) is 0 Å². The van der Waals surface area contributed by atoms with Gasteiger partial charge in [-0.05, 0) is 12.8 Å². The van der Waals surface area contributed by atoms with E-state index in [-0.39, 0.29) is 23.4 Å². The van der Waals surface area contributed by atoms with Crippen LogP contribution in [0.5, 0.6) is 0 Å². The summed E-state index contributed by atoms with van der Waals surface area (Å²) >= 11 is 4.62. The molecule has 13 heavy (non-hydrogen) atoms. The van der Waals surface area contributed by atoms with Crippen LogP contribution in [0.25, 0.3) is 0 Å². The third kappa shape index (κ3) is 3.28. The minimum absolute atomic E-state index is 0.0907. The van der Waals surface area contributed by atoms with Gasteiger partial charge in [0.1, 0.15) is 0 Å². The molecule has 5 heteroatoms. The number of nitrogens with two attached hydrogens (primary N) is 1. The van der Waals surface area contributed by atoms with Gasteiger partial charge in [0.05, 0.1) is 17.5 Å². The number of hydrogen-bond donors (Lipinski definition) is 2. The van der Waals surface area contributed by atoms with Crippen molar-refractivity contribution in [1.29, 1.82) is 0 Å². The number of ether oxygens (including phenoxy) is 1. The lowest BCUT2D eigenvalue weighted by atomic mass is 9.89. The first-order valence-corrected chi connectivity index (χ1v) is 4.63. The summed E-state index contributed by atoms with van der Waals surface area (Å²) in [5, 5.41) is 2.83. The topological polar surface area (TPSA) is 64.3 Å². The second-order valence-electron chi connectivity index (χ2n) is 3.24. The van der Waals surface area contributed by atoms with Crippen LogP contribution in [0, 0.1) is 0 Å². The number of carbonyl (C=O) groups excluding carboxylic acids is 1. The number of rotatable bonds is 4. The zero-order valence-corrected chi connectivity index (χ0v) is 8.39. The van der Waals surface area contributed by atoms with Gasteiger partial charge in [-0.25, -0.2) is 0 Å². The fourth-order valence-corrected chi connectivity index (χ4v) is 1.44. The second-order valence-corrected chi connectivity index (χ2v) is 3.76. The average Bonchev–Trinajstić information content (AvgIpc) is 1.94. The van der Waals surface area contributed by atoms with Crippen molar-refractivity contribution in [3.63, 3.8) is 0 Å². The lowest BCUT2D eigenvalue weighted by molar-refractivity contribution is -0.122. The lowest BCUT2D eigenvalue weighted by Gasteiger charge is -2.34. The molecule has 0 aliphatic heterocycles. The average molecular weight is 202 g/mol. The van der Waals surface area contributed by atoms with E-state index in [1.165, 1.54) is 0 Å². The van der Waals surface area contributed by atoms with Crippen LogP contribution >= 0.6 is 12.2 Å². The minimum Gasteiger partial charge on any atom is -0.393 e. The van der Waals surface area contributed by atoms with Crippen LogP contribution < -0.4 is 11.1 Å². The van der Waals surface area contributed by atoms with Crippen LogP contribution in [0.1, 0.15) is 19.3 Å². The summed E-state index contributed by atoms with van der Waals surface area (Å²) < 4.78 is 5.08. The number of carbonyl (C=O) groups is 1. The lowest BCUT2D eigenvalue weighted by Crippen LogP contribution is -2.48. The van der Waals surface area contributed by atoms with Crippen molar-refractivity contribution >= 4 is 23.1 Å². The Bertz CT molecular complexity index is 214. The molecule has 0 aromatic rings. The largest absolute Gasteiger partial charge is 0.393 e. The maximum absolute atomic E-state index is 11.1. The standard InChI is InChI=1S/C8H14N2O2S/c1-12-6-2-5(3-6)10-8(11)4-7(9)13/h5-6H,2-4H2,1H3,(H2,9,13)(H,10,11). The first kappa shape index (κ1) is 10.4. The zero-order chi connectivity index (χ0) is 9.84. The summed E-state index contributed by atoms with van der Waals surface area (Å²) in [5.41, 5.74) is 5.23. The van der Waals surface area contributed by atoms with Crippen molar-refractivity contribution in [1.82, 2.24) is 5.32 Å². The van der Waals surface area contributed by atoms with Crippen molar-refractivity contribution in [2.24, 2.45) is 5.73 Å². The quantitative estimate of drug-likeness (QED) is 0.628. The highest BCUT2D eigenvalue weighted by molar-refractivity contribution is 7.80. The van der Waals surface area contributed by atoms with Gasteiger partial charge in [-0.15, -0.1) is 0 Å². The summed E-state index contributed by atoms with van der Waals surface area (Å²) in [6, 6.07) is 0.242. The van der Waals surface area contributed by atoms with E-state index in [4.69, 9.17) is 10.5 Å². The molecule has 1 rings (SSSR count). The van der Waals surface area contributed by atoms with Crippen molar-refractivity contribution in [2.75, 3.05) is 7.11 Å². The van der Waals surface area contributed by atoms with E-state index in [0.717, 1.165) is 12.8 Å². The molecule has 1 aliphatic rings. The molecule has 1 fully saturated rings. The van der Waals surface area contributed by atoms with Crippen molar-refractivity contribution in [3.05, 3.63) is 0 Å². The highest BCUT2D eigenvalue weighted by atomic mass is 32.1. The second kappa shape index (κ2) is 4.53. The smallest absolute Gasteiger partial charge is 0.227 e.